The van der Waals surface area contributed by atoms with E-state index in [9.17, 15) is 9.59 Å². The van der Waals surface area contributed by atoms with Crippen molar-refractivity contribution in [1.82, 2.24) is 0 Å². The van der Waals surface area contributed by atoms with Crippen molar-refractivity contribution in [1.29, 1.82) is 0 Å². The minimum atomic E-state index is -0.550. The second kappa shape index (κ2) is 7.35. The van der Waals surface area contributed by atoms with Crippen molar-refractivity contribution in [3.05, 3.63) is 53.2 Å². The van der Waals surface area contributed by atoms with Gasteiger partial charge in [0.05, 0.1) is 13.7 Å². The van der Waals surface area contributed by atoms with E-state index in [1.165, 1.54) is 13.2 Å². The van der Waals surface area contributed by atoms with Gasteiger partial charge in [0, 0.05) is 5.39 Å². The largest absolute Gasteiger partial charge is 0.486 e. The van der Waals surface area contributed by atoms with E-state index in [1.807, 2.05) is 0 Å². The first-order valence-electron chi connectivity index (χ1n) is 8.03. The molecule has 136 valence electrons. The molecule has 0 spiro atoms. The van der Waals surface area contributed by atoms with Gasteiger partial charge in [0.1, 0.15) is 35.0 Å². The molecular formula is C19H18O7. The highest BCUT2D eigenvalue weighted by atomic mass is 16.5. The second-order valence-electron chi connectivity index (χ2n) is 5.46. The summed E-state index contributed by atoms with van der Waals surface area (Å²) < 4.78 is 26.3. The zero-order chi connectivity index (χ0) is 18.7. The monoisotopic (exact) mass is 358 g/mol. The number of rotatable bonds is 6. The van der Waals surface area contributed by atoms with Gasteiger partial charge in [-0.25, -0.2) is 9.59 Å². The molecule has 7 heteroatoms. The van der Waals surface area contributed by atoms with Crippen molar-refractivity contribution in [2.24, 2.45) is 0 Å². The van der Waals surface area contributed by atoms with Crippen LogP contribution >= 0.6 is 0 Å². The van der Waals surface area contributed by atoms with Crippen molar-refractivity contribution in [3.63, 3.8) is 0 Å². The molecule has 7 nitrogen and oxygen atoms in total. The fraction of sp³-hybridized carbons (Fsp3) is 0.263. The van der Waals surface area contributed by atoms with Gasteiger partial charge in [-0.1, -0.05) is 0 Å². The van der Waals surface area contributed by atoms with Crippen LogP contribution in [0, 0.1) is 6.92 Å². The van der Waals surface area contributed by atoms with E-state index in [0.29, 0.717) is 33.8 Å². The maximum Gasteiger partial charge on any atom is 0.373 e. The zero-order valence-electron chi connectivity index (χ0n) is 14.7. The number of furan rings is 2. The van der Waals surface area contributed by atoms with Gasteiger partial charge in [-0.15, -0.1) is 0 Å². The first kappa shape index (κ1) is 17.6. The highest BCUT2D eigenvalue weighted by Crippen LogP contribution is 2.30. The normalized spacial score (nSPS) is 10.7. The lowest BCUT2D eigenvalue weighted by atomic mass is 10.1. The summed E-state index contributed by atoms with van der Waals surface area (Å²) in [5, 5.41) is 0.619. The highest BCUT2D eigenvalue weighted by molar-refractivity contribution is 6.04. The molecule has 2 heterocycles. The molecule has 0 aliphatic rings. The Kier molecular flexibility index (Phi) is 4.97. The number of methoxy groups -OCH3 is 1. The Morgan fingerprint density at radius 1 is 1.08 bits per heavy atom. The third-order valence-electron chi connectivity index (χ3n) is 3.74. The van der Waals surface area contributed by atoms with E-state index in [-0.39, 0.29) is 19.0 Å². The molecule has 26 heavy (non-hydrogen) atoms. The van der Waals surface area contributed by atoms with Gasteiger partial charge in [-0.05, 0) is 44.2 Å². The van der Waals surface area contributed by atoms with Gasteiger partial charge in [0.2, 0.25) is 5.76 Å². The third kappa shape index (κ3) is 3.42. The molecule has 0 bridgehead atoms. The summed E-state index contributed by atoms with van der Waals surface area (Å²) in [5.41, 5.74) is 0.960. The van der Waals surface area contributed by atoms with Crippen LogP contribution in [-0.4, -0.2) is 25.7 Å². The van der Waals surface area contributed by atoms with Crippen LogP contribution in [0.25, 0.3) is 11.0 Å². The van der Waals surface area contributed by atoms with E-state index in [1.54, 1.807) is 38.1 Å². The van der Waals surface area contributed by atoms with Crippen LogP contribution in [0.2, 0.25) is 0 Å². The fourth-order valence-corrected chi connectivity index (χ4v) is 2.57. The van der Waals surface area contributed by atoms with E-state index >= 15 is 0 Å². The summed E-state index contributed by atoms with van der Waals surface area (Å²) in [7, 11) is 1.28. The number of fused-ring (bicyclic) bond motifs is 1. The van der Waals surface area contributed by atoms with E-state index < -0.39 is 11.9 Å². The molecule has 0 N–H and O–H groups in total. The van der Waals surface area contributed by atoms with Crippen molar-refractivity contribution < 1.29 is 32.6 Å². The fourth-order valence-electron chi connectivity index (χ4n) is 2.57. The average Bonchev–Trinajstić information content (AvgIpc) is 3.22. The molecule has 0 aliphatic carbocycles. The maximum absolute atomic E-state index is 12.1. The van der Waals surface area contributed by atoms with Gasteiger partial charge in [0.15, 0.2) is 0 Å². The summed E-state index contributed by atoms with van der Waals surface area (Å²) in [6.45, 7) is 3.86. The lowest BCUT2D eigenvalue weighted by molar-refractivity contribution is 0.0524. The second-order valence-corrected chi connectivity index (χ2v) is 5.46. The van der Waals surface area contributed by atoms with Gasteiger partial charge >= 0.3 is 11.9 Å². The minimum Gasteiger partial charge on any atom is -0.486 e. The Morgan fingerprint density at radius 2 is 1.88 bits per heavy atom. The molecule has 0 unspecified atom stereocenters. The predicted octanol–water partition coefficient (Wildman–Crippen LogP) is 3.88. The smallest absolute Gasteiger partial charge is 0.373 e. The molecular weight excluding hydrogens is 340 g/mol. The predicted molar refractivity (Wildman–Crippen MR) is 91.3 cm³/mol. The Bertz CT molecular complexity index is 948. The molecule has 0 radical (unpaired) electrons. The van der Waals surface area contributed by atoms with Gasteiger partial charge < -0.3 is 23.0 Å². The summed E-state index contributed by atoms with van der Waals surface area (Å²) in [5.74, 6) is 0.612. The molecule has 3 rings (SSSR count). The number of ether oxygens (including phenoxy) is 3. The van der Waals surface area contributed by atoms with E-state index in [0.717, 1.165) is 0 Å². The molecule has 3 aromatic rings. The van der Waals surface area contributed by atoms with Crippen LogP contribution in [-0.2, 0) is 16.1 Å². The Morgan fingerprint density at radius 3 is 2.62 bits per heavy atom. The molecule has 1 aromatic carbocycles. The Hall–Kier alpha value is -3.22. The average molecular weight is 358 g/mol. The third-order valence-corrected chi connectivity index (χ3v) is 3.74. The number of benzene rings is 1. The molecule has 0 saturated heterocycles. The van der Waals surface area contributed by atoms with Crippen LogP contribution in [0.15, 0.2) is 39.2 Å². The number of esters is 2. The van der Waals surface area contributed by atoms with Crippen LogP contribution in [0.1, 0.15) is 39.4 Å². The molecule has 0 fully saturated rings. The maximum atomic E-state index is 12.1. The highest BCUT2D eigenvalue weighted by Gasteiger charge is 2.20. The standard InChI is InChI=1S/C19H18O7/c1-4-23-19(21)17-11(2)25-15-7-5-12(9-14(15)17)24-10-13-6-8-16(26-13)18(20)22-3/h5-9H,4,10H2,1-3H3. The summed E-state index contributed by atoms with van der Waals surface area (Å²) in [6, 6.07) is 8.32. The van der Waals surface area contributed by atoms with E-state index in [2.05, 4.69) is 4.74 Å². The summed E-state index contributed by atoms with van der Waals surface area (Å²) in [4.78, 5) is 23.5. The van der Waals surface area contributed by atoms with Crippen molar-refractivity contribution in [3.8, 4) is 5.75 Å². The summed E-state index contributed by atoms with van der Waals surface area (Å²) >= 11 is 0. The van der Waals surface area contributed by atoms with Crippen LogP contribution in [0.4, 0.5) is 0 Å². The van der Waals surface area contributed by atoms with Crippen molar-refractivity contribution in [2.75, 3.05) is 13.7 Å². The zero-order valence-corrected chi connectivity index (χ0v) is 14.7. The Balaban J connectivity index is 1.80. The number of hydrogen-bond donors (Lipinski definition) is 0. The van der Waals surface area contributed by atoms with Crippen molar-refractivity contribution in [2.45, 2.75) is 20.5 Å². The number of hydrogen-bond acceptors (Lipinski definition) is 7. The van der Waals surface area contributed by atoms with Crippen LogP contribution < -0.4 is 4.74 Å². The molecule has 0 aliphatic heterocycles. The number of carbonyl (C=O) groups is 2. The lowest BCUT2D eigenvalue weighted by Gasteiger charge is -2.05. The number of aryl methyl sites for hydroxylation is 1. The Labute approximate surface area is 149 Å². The lowest BCUT2D eigenvalue weighted by Crippen LogP contribution is -2.05. The van der Waals surface area contributed by atoms with Crippen LogP contribution in [0.3, 0.4) is 0 Å². The quantitative estimate of drug-likeness (QED) is 0.618. The first-order valence-corrected chi connectivity index (χ1v) is 8.03. The molecule has 0 amide bonds. The SMILES string of the molecule is CCOC(=O)c1c(C)oc2ccc(OCc3ccc(C(=O)OC)o3)cc12. The molecule has 2 aromatic heterocycles. The first-order chi connectivity index (χ1) is 12.5. The van der Waals surface area contributed by atoms with Gasteiger partial charge in [-0.2, -0.15) is 0 Å². The van der Waals surface area contributed by atoms with Crippen molar-refractivity contribution >= 4 is 22.9 Å². The topological polar surface area (TPSA) is 88.1 Å². The van der Waals surface area contributed by atoms with E-state index in [4.69, 9.17) is 18.3 Å². The summed E-state index contributed by atoms with van der Waals surface area (Å²) in [6.07, 6.45) is 0. The van der Waals surface area contributed by atoms with Gasteiger partial charge in [0.25, 0.3) is 0 Å². The number of carbonyl (C=O) groups excluding carboxylic acids is 2. The minimum absolute atomic E-state index is 0.108. The molecule has 0 atom stereocenters. The van der Waals surface area contributed by atoms with Crippen LogP contribution in [0.5, 0.6) is 5.75 Å². The molecule has 0 saturated carbocycles. The van der Waals surface area contributed by atoms with Gasteiger partial charge in [-0.3, -0.25) is 0 Å².